The molecule has 2 N–H and O–H groups in total. The van der Waals surface area contributed by atoms with E-state index in [0.717, 1.165) is 20.9 Å². The minimum Gasteiger partial charge on any atom is -0.351 e. The number of anilines is 1. The van der Waals surface area contributed by atoms with E-state index in [9.17, 15) is 4.79 Å². The Kier molecular flexibility index (Phi) is 3.74. The summed E-state index contributed by atoms with van der Waals surface area (Å²) < 4.78 is 0.800. The Labute approximate surface area is 135 Å². The first-order valence-corrected chi connectivity index (χ1v) is 7.56. The van der Waals surface area contributed by atoms with Gasteiger partial charge in [-0.2, -0.15) is 0 Å². The molecular formula is C16H12BrClN2O. The van der Waals surface area contributed by atoms with E-state index in [2.05, 4.69) is 26.2 Å². The number of carbonyl (C=O) groups is 1. The molecule has 0 fully saturated rings. The molecule has 0 atom stereocenters. The van der Waals surface area contributed by atoms with E-state index >= 15 is 0 Å². The lowest BCUT2D eigenvalue weighted by molar-refractivity contribution is 0.102. The van der Waals surface area contributed by atoms with Gasteiger partial charge in [0.05, 0.1) is 5.69 Å². The monoisotopic (exact) mass is 362 g/mol. The maximum Gasteiger partial charge on any atom is 0.272 e. The zero-order valence-corrected chi connectivity index (χ0v) is 13.5. The van der Waals surface area contributed by atoms with E-state index in [0.29, 0.717) is 16.4 Å². The largest absolute Gasteiger partial charge is 0.351 e. The average Bonchev–Trinajstić information content (AvgIpc) is 2.88. The average molecular weight is 364 g/mol. The number of hydrogen-bond acceptors (Lipinski definition) is 1. The van der Waals surface area contributed by atoms with Crippen LogP contribution < -0.4 is 5.32 Å². The van der Waals surface area contributed by atoms with E-state index < -0.39 is 0 Å². The van der Waals surface area contributed by atoms with Gasteiger partial charge in [0.1, 0.15) is 5.69 Å². The number of benzene rings is 2. The number of amides is 1. The zero-order valence-electron chi connectivity index (χ0n) is 11.2. The summed E-state index contributed by atoms with van der Waals surface area (Å²) in [4.78, 5) is 15.4. The van der Waals surface area contributed by atoms with Crippen molar-refractivity contribution in [2.24, 2.45) is 0 Å². The third kappa shape index (κ3) is 2.82. The summed E-state index contributed by atoms with van der Waals surface area (Å²) in [5.41, 5.74) is 3.05. The molecule has 3 nitrogen and oxygen atoms in total. The fourth-order valence-electron chi connectivity index (χ4n) is 2.13. The predicted molar refractivity (Wildman–Crippen MR) is 90.1 cm³/mol. The molecule has 21 heavy (non-hydrogen) atoms. The molecule has 0 aliphatic rings. The Hall–Kier alpha value is -1.78. The van der Waals surface area contributed by atoms with Crippen molar-refractivity contribution in [2.75, 3.05) is 5.32 Å². The van der Waals surface area contributed by atoms with Gasteiger partial charge in [-0.25, -0.2) is 0 Å². The maximum atomic E-state index is 12.3. The maximum absolute atomic E-state index is 12.3. The van der Waals surface area contributed by atoms with Crippen LogP contribution in [0.5, 0.6) is 0 Å². The number of carbonyl (C=O) groups excluding carboxylic acids is 1. The highest BCUT2D eigenvalue weighted by molar-refractivity contribution is 9.10. The van der Waals surface area contributed by atoms with Crippen molar-refractivity contribution in [1.82, 2.24) is 4.98 Å². The number of aryl methyl sites for hydroxylation is 1. The standard InChI is InChI=1S/C16H12BrClN2O/c1-9-6-11(17)14(8-12(9)18)20-16(21)15-7-10-4-2-3-5-13(10)19-15/h2-8,19H,1H3,(H,20,21). The van der Waals surface area contributed by atoms with Gasteiger partial charge in [-0.1, -0.05) is 29.8 Å². The molecule has 0 bridgehead atoms. The number of aromatic nitrogens is 1. The highest BCUT2D eigenvalue weighted by atomic mass is 79.9. The topological polar surface area (TPSA) is 44.9 Å². The molecule has 106 valence electrons. The first-order valence-electron chi connectivity index (χ1n) is 6.39. The number of rotatable bonds is 2. The van der Waals surface area contributed by atoms with Crippen molar-refractivity contribution in [3.63, 3.8) is 0 Å². The van der Waals surface area contributed by atoms with Crippen LogP contribution >= 0.6 is 27.5 Å². The molecule has 0 unspecified atom stereocenters. The summed E-state index contributed by atoms with van der Waals surface area (Å²) in [6.07, 6.45) is 0. The summed E-state index contributed by atoms with van der Waals surface area (Å²) in [7, 11) is 0. The molecule has 0 saturated carbocycles. The van der Waals surface area contributed by atoms with E-state index in [1.165, 1.54) is 0 Å². The van der Waals surface area contributed by atoms with E-state index in [1.807, 2.05) is 43.3 Å². The van der Waals surface area contributed by atoms with Crippen LogP contribution in [0.15, 0.2) is 46.9 Å². The fraction of sp³-hybridized carbons (Fsp3) is 0.0625. The third-order valence-electron chi connectivity index (χ3n) is 3.27. The minimum absolute atomic E-state index is 0.202. The summed E-state index contributed by atoms with van der Waals surface area (Å²) in [6.45, 7) is 1.91. The van der Waals surface area contributed by atoms with Gasteiger partial charge in [-0.15, -0.1) is 0 Å². The van der Waals surface area contributed by atoms with Gasteiger partial charge in [0.2, 0.25) is 0 Å². The van der Waals surface area contributed by atoms with Gasteiger partial charge < -0.3 is 10.3 Å². The predicted octanol–water partition coefficient (Wildman–Crippen LogP) is 5.14. The molecule has 3 aromatic rings. The molecule has 1 amide bonds. The number of para-hydroxylation sites is 1. The molecule has 0 radical (unpaired) electrons. The molecule has 5 heteroatoms. The van der Waals surface area contributed by atoms with E-state index in [1.54, 1.807) is 6.07 Å². The Morgan fingerprint density at radius 3 is 2.76 bits per heavy atom. The van der Waals surface area contributed by atoms with Crippen LogP contribution in [0.25, 0.3) is 10.9 Å². The number of nitrogens with one attached hydrogen (secondary N) is 2. The summed E-state index contributed by atoms with van der Waals surface area (Å²) in [5.74, 6) is -0.202. The second-order valence-corrected chi connectivity index (χ2v) is 6.07. The fourth-order valence-corrected chi connectivity index (χ4v) is 2.85. The van der Waals surface area contributed by atoms with Crippen LogP contribution in [-0.2, 0) is 0 Å². The second-order valence-electron chi connectivity index (χ2n) is 4.81. The van der Waals surface area contributed by atoms with Crippen LogP contribution in [0.2, 0.25) is 5.02 Å². The van der Waals surface area contributed by atoms with Crippen LogP contribution in [0.3, 0.4) is 0 Å². The smallest absolute Gasteiger partial charge is 0.272 e. The van der Waals surface area contributed by atoms with Crippen LogP contribution in [0.1, 0.15) is 16.1 Å². The minimum atomic E-state index is -0.202. The first kappa shape index (κ1) is 14.2. The Balaban J connectivity index is 1.91. The normalized spacial score (nSPS) is 10.8. The van der Waals surface area contributed by atoms with Gasteiger partial charge in [-0.3, -0.25) is 4.79 Å². The molecule has 1 aromatic heterocycles. The number of H-pyrrole nitrogens is 1. The number of fused-ring (bicyclic) bond motifs is 1. The molecule has 3 rings (SSSR count). The van der Waals surface area contributed by atoms with Crippen molar-refractivity contribution < 1.29 is 4.79 Å². The highest BCUT2D eigenvalue weighted by Crippen LogP contribution is 2.29. The first-order chi connectivity index (χ1) is 10.0. The van der Waals surface area contributed by atoms with Gasteiger partial charge in [0.25, 0.3) is 5.91 Å². The van der Waals surface area contributed by atoms with Crippen LogP contribution in [-0.4, -0.2) is 10.9 Å². The third-order valence-corrected chi connectivity index (χ3v) is 4.33. The van der Waals surface area contributed by atoms with Crippen LogP contribution in [0, 0.1) is 6.92 Å². The molecule has 0 spiro atoms. The molecule has 0 aliphatic heterocycles. The number of aromatic amines is 1. The van der Waals surface area contributed by atoms with Crippen molar-refractivity contribution >= 4 is 50.0 Å². The Morgan fingerprint density at radius 1 is 1.24 bits per heavy atom. The molecule has 0 saturated heterocycles. The van der Waals surface area contributed by atoms with Gasteiger partial charge in [-0.05, 0) is 52.7 Å². The highest BCUT2D eigenvalue weighted by Gasteiger charge is 2.12. The van der Waals surface area contributed by atoms with Gasteiger partial charge in [0.15, 0.2) is 0 Å². The van der Waals surface area contributed by atoms with Crippen LogP contribution in [0.4, 0.5) is 5.69 Å². The van der Waals surface area contributed by atoms with Crippen molar-refractivity contribution in [1.29, 1.82) is 0 Å². The summed E-state index contributed by atoms with van der Waals surface area (Å²) in [5, 5.41) is 4.47. The quantitative estimate of drug-likeness (QED) is 0.650. The lowest BCUT2D eigenvalue weighted by Gasteiger charge is -2.08. The lowest BCUT2D eigenvalue weighted by Crippen LogP contribution is -2.12. The zero-order chi connectivity index (χ0) is 15.0. The number of hydrogen-bond donors (Lipinski definition) is 2. The Bertz CT molecular complexity index is 808. The molecule has 1 heterocycles. The van der Waals surface area contributed by atoms with E-state index in [-0.39, 0.29) is 5.91 Å². The summed E-state index contributed by atoms with van der Waals surface area (Å²) >= 11 is 9.53. The lowest BCUT2D eigenvalue weighted by atomic mass is 10.2. The second kappa shape index (κ2) is 5.54. The molecule has 0 aliphatic carbocycles. The van der Waals surface area contributed by atoms with E-state index in [4.69, 9.17) is 11.6 Å². The summed E-state index contributed by atoms with van der Waals surface area (Å²) in [6, 6.07) is 13.2. The van der Waals surface area contributed by atoms with Crippen molar-refractivity contribution in [3.8, 4) is 0 Å². The van der Waals surface area contributed by atoms with Gasteiger partial charge >= 0.3 is 0 Å². The Morgan fingerprint density at radius 2 is 2.00 bits per heavy atom. The van der Waals surface area contributed by atoms with Gasteiger partial charge in [0, 0.05) is 20.4 Å². The van der Waals surface area contributed by atoms with Crippen molar-refractivity contribution in [2.45, 2.75) is 6.92 Å². The van der Waals surface area contributed by atoms with Crippen molar-refractivity contribution in [3.05, 3.63) is 63.2 Å². The molecular weight excluding hydrogens is 352 g/mol. The number of halogens is 2. The SMILES string of the molecule is Cc1cc(Br)c(NC(=O)c2cc3ccccc3[nH]2)cc1Cl. The molecule has 2 aromatic carbocycles.